The maximum Gasteiger partial charge on any atom is 0.275 e. The number of carbonyl (C=O) groups excluding carboxylic acids is 1. The van der Waals surface area contributed by atoms with Crippen LogP contribution < -0.4 is 10.3 Å². The quantitative estimate of drug-likeness (QED) is 0.396. The molecule has 1 fully saturated rings. The predicted molar refractivity (Wildman–Crippen MR) is 136 cm³/mol. The van der Waals surface area contributed by atoms with Crippen LogP contribution in [0.15, 0.2) is 59.4 Å². The van der Waals surface area contributed by atoms with Crippen molar-refractivity contribution in [1.82, 2.24) is 24.4 Å². The lowest BCUT2D eigenvalue weighted by Crippen LogP contribution is -2.49. The van der Waals surface area contributed by atoms with Gasteiger partial charge in [0.1, 0.15) is 10.8 Å². The molecule has 5 rings (SSSR count). The number of hydrogen-bond acceptors (Lipinski definition) is 7. The Balaban J connectivity index is 1.19. The van der Waals surface area contributed by atoms with Crippen LogP contribution in [0.1, 0.15) is 11.3 Å². The van der Waals surface area contributed by atoms with Gasteiger partial charge in [0.25, 0.3) is 11.5 Å². The van der Waals surface area contributed by atoms with Crippen LogP contribution >= 0.6 is 22.9 Å². The van der Waals surface area contributed by atoms with E-state index in [1.807, 2.05) is 54.3 Å². The molecule has 10 heteroatoms. The highest BCUT2D eigenvalue weighted by Crippen LogP contribution is 2.26. The average molecular weight is 510 g/mol. The van der Waals surface area contributed by atoms with E-state index in [0.717, 1.165) is 11.1 Å². The Kier molecular flexibility index (Phi) is 6.81. The zero-order chi connectivity index (χ0) is 24.4. The van der Waals surface area contributed by atoms with Crippen LogP contribution in [0.5, 0.6) is 5.75 Å². The minimum atomic E-state index is -0.211. The van der Waals surface area contributed by atoms with Crippen molar-refractivity contribution >= 4 is 33.8 Å². The van der Waals surface area contributed by atoms with Gasteiger partial charge < -0.3 is 9.64 Å². The number of carbonyl (C=O) groups is 1. The monoisotopic (exact) mass is 509 g/mol. The molecular formula is C25H24ClN5O3S. The molecule has 0 N–H and O–H groups in total. The summed E-state index contributed by atoms with van der Waals surface area (Å²) in [7, 11) is 0. The number of rotatable bonds is 6. The second kappa shape index (κ2) is 10.2. The number of benzene rings is 2. The highest BCUT2D eigenvalue weighted by atomic mass is 35.5. The Morgan fingerprint density at radius 1 is 1.09 bits per heavy atom. The lowest BCUT2D eigenvalue weighted by atomic mass is 10.2. The van der Waals surface area contributed by atoms with Gasteiger partial charge >= 0.3 is 0 Å². The average Bonchev–Trinajstić information content (AvgIpc) is 3.29. The first-order chi connectivity index (χ1) is 16.9. The van der Waals surface area contributed by atoms with E-state index in [0.29, 0.717) is 59.2 Å². The van der Waals surface area contributed by atoms with Crippen molar-refractivity contribution in [2.75, 3.05) is 32.8 Å². The second-order valence-corrected chi connectivity index (χ2v) is 9.85. The van der Waals surface area contributed by atoms with Crippen molar-refractivity contribution in [3.8, 4) is 16.3 Å². The molecule has 4 aromatic rings. The third-order valence-corrected chi connectivity index (χ3v) is 7.06. The second-order valence-electron chi connectivity index (χ2n) is 8.46. The fourth-order valence-electron chi connectivity index (χ4n) is 3.93. The maximum atomic E-state index is 12.7. The number of aromatic nitrogens is 3. The van der Waals surface area contributed by atoms with E-state index in [4.69, 9.17) is 16.3 Å². The summed E-state index contributed by atoms with van der Waals surface area (Å²) in [5.41, 5.74) is 2.48. The molecule has 8 nitrogen and oxygen atoms in total. The minimum Gasteiger partial charge on any atom is -0.484 e. The number of amides is 1. The molecule has 2 aromatic heterocycles. The van der Waals surface area contributed by atoms with Crippen LogP contribution in [-0.2, 0) is 11.3 Å². The lowest BCUT2D eigenvalue weighted by molar-refractivity contribution is -0.135. The van der Waals surface area contributed by atoms with Crippen molar-refractivity contribution in [3.63, 3.8) is 0 Å². The number of ether oxygens (including phenoxy) is 1. The van der Waals surface area contributed by atoms with Gasteiger partial charge in [-0.05, 0) is 31.2 Å². The van der Waals surface area contributed by atoms with E-state index in [-0.39, 0.29) is 18.1 Å². The van der Waals surface area contributed by atoms with E-state index in [2.05, 4.69) is 15.0 Å². The molecule has 0 saturated carbocycles. The van der Waals surface area contributed by atoms with Gasteiger partial charge in [-0.25, -0.2) is 4.98 Å². The van der Waals surface area contributed by atoms with Crippen LogP contribution in [0.3, 0.4) is 0 Å². The summed E-state index contributed by atoms with van der Waals surface area (Å²) in [6, 6.07) is 16.6. The van der Waals surface area contributed by atoms with Gasteiger partial charge in [-0.2, -0.15) is 9.61 Å². The molecule has 0 aliphatic carbocycles. The number of aryl methyl sites for hydroxylation is 1. The van der Waals surface area contributed by atoms with Gasteiger partial charge in [0, 0.05) is 49.4 Å². The number of halogens is 1. The van der Waals surface area contributed by atoms with E-state index in [1.54, 1.807) is 6.07 Å². The molecule has 0 unspecified atom stereocenters. The van der Waals surface area contributed by atoms with Crippen LogP contribution in [0.25, 0.3) is 15.5 Å². The summed E-state index contributed by atoms with van der Waals surface area (Å²) >= 11 is 7.45. The van der Waals surface area contributed by atoms with Gasteiger partial charge in [-0.1, -0.05) is 52.8 Å². The molecular weight excluding hydrogens is 486 g/mol. The SMILES string of the molecule is Cc1ccc(OCC(=O)N2CCN(Cc3cc(=O)n4nc(-c5cccc(Cl)c5)sc4n3)CC2)cc1. The number of hydrogen-bond donors (Lipinski definition) is 0. The minimum absolute atomic E-state index is 0.0262. The molecule has 180 valence electrons. The molecule has 1 aliphatic rings. The first kappa shape index (κ1) is 23.5. The van der Waals surface area contributed by atoms with Crippen molar-refractivity contribution in [2.45, 2.75) is 13.5 Å². The summed E-state index contributed by atoms with van der Waals surface area (Å²) in [5, 5.41) is 5.72. The van der Waals surface area contributed by atoms with Gasteiger partial charge in [0.2, 0.25) is 4.96 Å². The van der Waals surface area contributed by atoms with Crippen LogP contribution in [0, 0.1) is 6.92 Å². The van der Waals surface area contributed by atoms with Gasteiger partial charge in [0.05, 0.1) is 5.69 Å². The zero-order valence-corrected chi connectivity index (χ0v) is 20.8. The summed E-state index contributed by atoms with van der Waals surface area (Å²) in [6.45, 7) is 5.19. The number of fused-ring (bicyclic) bond motifs is 1. The fraction of sp³-hybridized carbons (Fsp3) is 0.280. The first-order valence-electron chi connectivity index (χ1n) is 11.3. The molecule has 3 heterocycles. The molecule has 1 amide bonds. The normalized spacial score (nSPS) is 14.4. The summed E-state index contributed by atoms with van der Waals surface area (Å²) in [5.74, 6) is 0.665. The molecule has 2 aromatic carbocycles. The van der Waals surface area contributed by atoms with Crippen LogP contribution in [-0.4, -0.2) is 63.1 Å². The molecule has 1 saturated heterocycles. The number of piperazine rings is 1. The standard InChI is InChI=1S/C25H24ClN5O3S/c1-17-5-7-21(8-6-17)34-16-23(33)30-11-9-29(10-12-30)15-20-14-22(32)31-25(27-20)35-24(28-31)18-3-2-4-19(26)13-18/h2-8,13-14H,9-12,15-16H2,1H3. The highest BCUT2D eigenvalue weighted by Gasteiger charge is 2.22. The van der Waals surface area contributed by atoms with Gasteiger partial charge in [0.15, 0.2) is 6.61 Å². The molecule has 35 heavy (non-hydrogen) atoms. The van der Waals surface area contributed by atoms with Crippen molar-refractivity contribution in [3.05, 3.63) is 81.2 Å². The zero-order valence-electron chi connectivity index (χ0n) is 19.2. The molecule has 0 atom stereocenters. The van der Waals surface area contributed by atoms with E-state index in [1.165, 1.54) is 21.9 Å². The van der Waals surface area contributed by atoms with Gasteiger partial charge in [-0.3, -0.25) is 14.5 Å². The van der Waals surface area contributed by atoms with Crippen LogP contribution in [0.4, 0.5) is 0 Å². The number of nitrogens with zero attached hydrogens (tertiary/aromatic N) is 5. The largest absolute Gasteiger partial charge is 0.484 e. The highest BCUT2D eigenvalue weighted by molar-refractivity contribution is 7.19. The Hall–Kier alpha value is -3.27. The first-order valence-corrected chi connectivity index (χ1v) is 12.5. The van der Waals surface area contributed by atoms with Crippen molar-refractivity contribution in [1.29, 1.82) is 0 Å². The Labute approximate surface area is 211 Å². The van der Waals surface area contributed by atoms with E-state index < -0.39 is 0 Å². The Morgan fingerprint density at radius 3 is 2.60 bits per heavy atom. The Bertz CT molecular complexity index is 1410. The van der Waals surface area contributed by atoms with Crippen molar-refractivity contribution in [2.24, 2.45) is 0 Å². The third-order valence-electron chi connectivity index (χ3n) is 5.86. The smallest absolute Gasteiger partial charge is 0.275 e. The lowest BCUT2D eigenvalue weighted by Gasteiger charge is -2.34. The summed E-state index contributed by atoms with van der Waals surface area (Å²) in [4.78, 5) is 34.4. The van der Waals surface area contributed by atoms with Crippen LogP contribution in [0.2, 0.25) is 5.02 Å². The van der Waals surface area contributed by atoms with E-state index in [9.17, 15) is 9.59 Å². The topological polar surface area (TPSA) is 80.0 Å². The molecule has 0 bridgehead atoms. The summed E-state index contributed by atoms with van der Waals surface area (Å²) in [6.07, 6.45) is 0. The molecule has 0 spiro atoms. The van der Waals surface area contributed by atoms with Gasteiger partial charge in [-0.15, -0.1) is 0 Å². The third kappa shape index (κ3) is 5.53. The molecule has 1 aliphatic heterocycles. The summed E-state index contributed by atoms with van der Waals surface area (Å²) < 4.78 is 6.96. The predicted octanol–water partition coefficient (Wildman–Crippen LogP) is 3.50. The molecule has 0 radical (unpaired) electrons. The maximum absolute atomic E-state index is 12.7. The van der Waals surface area contributed by atoms with E-state index >= 15 is 0 Å². The Morgan fingerprint density at radius 2 is 1.86 bits per heavy atom. The van der Waals surface area contributed by atoms with Crippen molar-refractivity contribution < 1.29 is 9.53 Å². The fourth-order valence-corrected chi connectivity index (χ4v) is 5.04.